The number of nitrogens with two attached hydrogens (primary N) is 1. The molecular weight excluding hydrogens is 444 g/mol. The number of sulfone groups is 1. The number of hydrogen-bond acceptors (Lipinski definition) is 7. The molecule has 2 amide bonds. The second kappa shape index (κ2) is 10.4. The first kappa shape index (κ1) is 25.5. The number of amides is 2. The fraction of sp³-hybridized carbons (Fsp3) is 0.652. The summed E-state index contributed by atoms with van der Waals surface area (Å²) in [4.78, 5) is 28.5. The molecule has 2 heterocycles. The molecule has 3 N–H and O–H groups in total. The predicted octanol–water partition coefficient (Wildman–Crippen LogP) is 2.00. The van der Waals surface area contributed by atoms with Gasteiger partial charge < -0.3 is 20.7 Å². The Labute approximate surface area is 196 Å². The van der Waals surface area contributed by atoms with Crippen molar-refractivity contribution in [2.75, 3.05) is 40.9 Å². The average Bonchev–Trinajstić information content (AvgIpc) is 2.72. The molecule has 1 saturated heterocycles. The monoisotopic (exact) mass is 480 g/mol. The largest absolute Gasteiger partial charge is 0.446 e. The maximum absolute atomic E-state index is 12.8. The molecular formula is C23H36N4O5S. The topological polar surface area (TPSA) is 122 Å². The van der Waals surface area contributed by atoms with Crippen molar-refractivity contribution < 1.29 is 22.7 Å². The highest BCUT2D eigenvalue weighted by molar-refractivity contribution is 7.91. The molecule has 1 aromatic carbocycles. The zero-order valence-corrected chi connectivity index (χ0v) is 20.7. The Morgan fingerprint density at radius 3 is 2.61 bits per heavy atom. The van der Waals surface area contributed by atoms with E-state index in [1.165, 1.54) is 6.92 Å². The van der Waals surface area contributed by atoms with E-state index in [0.717, 1.165) is 12.0 Å². The van der Waals surface area contributed by atoms with Gasteiger partial charge >= 0.3 is 6.09 Å². The predicted molar refractivity (Wildman–Crippen MR) is 130 cm³/mol. The summed E-state index contributed by atoms with van der Waals surface area (Å²) >= 11 is 0. The van der Waals surface area contributed by atoms with E-state index in [-0.39, 0.29) is 41.5 Å². The van der Waals surface area contributed by atoms with Gasteiger partial charge in [-0.3, -0.25) is 9.69 Å². The lowest BCUT2D eigenvalue weighted by Gasteiger charge is -2.40. The smallest absolute Gasteiger partial charge is 0.414 e. The highest BCUT2D eigenvalue weighted by atomic mass is 32.2. The van der Waals surface area contributed by atoms with Crippen LogP contribution in [0.25, 0.3) is 0 Å². The Morgan fingerprint density at radius 1 is 1.27 bits per heavy atom. The molecule has 184 valence electrons. The van der Waals surface area contributed by atoms with Crippen molar-refractivity contribution in [2.24, 2.45) is 5.73 Å². The van der Waals surface area contributed by atoms with Crippen LogP contribution in [0.3, 0.4) is 0 Å². The number of hydrogen-bond donors (Lipinski definition) is 2. The maximum atomic E-state index is 12.8. The molecule has 0 aromatic heterocycles. The first-order chi connectivity index (χ1) is 15.5. The summed E-state index contributed by atoms with van der Waals surface area (Å²) in [5.41, 5.74) is 8.27. The van der Waals surface area contributed by atoms with Crippen LogP contribution in [0.4, 0.5) is 16.2 Å². The lowest BCUT2D eigenvalue weighted by atomic mass is 9.95. The van der Waals surface area contributed by atoms with Crippen LogP contribution in [-0.4, -0.2) is 69.7 Å². The molecule has 0 saturated carbocycles. The summed E-state index contributed by atoms with van der Waals surface area (Å²) in [5.74, 6) is 0.232. The SMILES string of the molecule is CC(=O)N1c2ccc(C(CN)CNC3CCCS(=O)(=O)C3)cc2N(C(=O)OC(C)C)C[C@@H]1C. The molecule has 2 aliphatic rings. The van der Waals surface area contributed by atoms with Crippen molar-refractivity contribution >= 4 is 33.2 Å². The fourth-order valence-corrected chi connectivity index (χ4v) is 6.31. The van der Waals surface area contributed by atoms with Gasteiger partial charge in [0.05, 0.1) is 35.0 Å². The molecule has 0 spiro atoms. The maximum Gasteiger partial charge on any atom is 0.414 e. The number of carbonyl (C=O) groups is 2. The van der Waals surface area contributed by atoms with Crippen LogP contribution in [0.1, 0.15) is 52.0 Å². The van der Waals surface area contributed by atoms with Crippen LogP contribution in [-0.2, 0) is 19.4 Å². The van der Waals surface area contributed by atoms with Crippen molar-refractivity contribution in [2.45, 2.75) is 64.6 Å². The summed E-state index contributed by atoms with van der Waals surface area (Å²) < 4.78 is 29.3. The first-order valence-electron chi connectivity index (χ1n) is 11.6. The number of carbonyl (C=O) groups excluding carboxylic acids is 2. The zero-order chi connectivity index (χ0) is 24.3. The molecule has 0 radical (unpaired) electrons. The second-order valence-electron chi connectivity index (χ2n) is 9.32. The third-order valence-corrected chi connectivity index (χ3v) is 8.03. The molecule has 0 aliphatic carbocycles. The van der Waals surface area contributed by atoms with Gasteiger partial charge in [0.2, 0.25) is 5.91 Å². The number of rotatable bonds is 6. The van der Waals surface area contributed by atoms with E-state index in [4.69, 9.17) is 10.5 Å². The number of nitrogens with one attached hydrogen (secondary N) is 1. The number of fused-ring (bicyclic) bond motifs is 1. The molecule has 0 bridgehead atoms. The van der Waals surface area contributed by atoms with Crippen LogP contribution < -0.4 is 20.9 Å². The van der Waals surface area contributed by atoms with Crippen molar-refractivity contribution in [3.8, 4) is 0 Å². The van der Waals surface area contributed by atoms with Crippen molar-refractivity contribution in [3.63, 3.8) is 0 Å². The van der Waals surface area contributed by atoms with E-state index >= 15 is 0 Å². The second-order valence-corrected chi connectivity index (χ2v) is 11.6. The summed E-state index contributed by atoms with van der Waals surface area (Å²) in [6, 6.07) is 5.40. The van der Waals surface area contributed by atoms with Gasteiger partial charge in [-0.15, -0.1) is 0 Å². The molecule has 10 heteroatoms. The highest BCUT2D eigenvalue weighted by Crippen LogP contribution is 2.38. The highest BCUT2D eigenvalue weighted by Gasteiger charge is 2.35. The molecule has 33 heavy (non-hydrogen) atoms. The standard InChI is InChI=1S/C23H36N4O5S/c1-15(2)32-23(29)26-13-16(3)27(17(4)28)21-8-7-18(10-22(21)26)19(11-24)12-25-20-6-5-9-33(30,31)14-20/h7-8,10,15-16,19-20,25H,5-6,9,11-14,24H2,1-4H3/t16-,19?,20?/m0/s1. The normalized spacial score (nSPS) is 23.2. The van der Waals surface area contributed by atoms with Crippen LogP contribution in [0.5, 0.6) is 0 Å². The van der Waals surface area contributed by atoms with Gasteiger partial charge in [-0.1, -0.05) is 6.07 Å². The molecule has 2 aliphatic heterocycles. The third-order valence-electron chi connectivity index (χ3n) is 6.21. The molecule has 2 unspecified atom stereocenters. The van der Waals surface area contributed by atoms with Crippen LogP contribution in [0.2, 0.25) is 0 Å². The number of anilines is 2. The lowest BCUT2D eigenvalue weighted by Crippen LogP contribution is -2.51. The summed E-state index contributed by atoms with van der Waals surface area (Å²) in [5, 5.41) is 3.37. The summed E-state index contributed by atoms with van der Waals surface area (Å²) in [6.07, 6.45) is 0.769. The van der Waals surface area contributed by atoms with Crippen molar-refractivity contribution in [3.05, 3.63) is 23.8 Å². The Balaban J connectivity index is 1.87. The third kappa shape index (κ3) is 6.04. The van der Waals surface area contributed by atoms with E-state index in [2.05, 4.69) is 5.32 Å². The minimum absolute atomic E-state index is 0.0759. The van der Waals surface area contributed by atoms with Crippen molar-refractivity contribution in [1.29, 1.82) is 0 Å². The number of ether oxygens (including phenoxy) is 1. The van der Waals surface area contributed by atoms with E-state index < -0.39 is 15.9 Å². The first-order valence-corrected chi connectivity index (χ1v) is 13.4. The van der Waals surface area contributed by atoms with Gasteiger partial charge in [0.1, 0.15) is 0 Å². The molecule has 1 aromatic rings. The minimum Gasteiger partial charge on any atom is -0.446 e. The minimum atomic E-state index is -3.00. The Bertz CT molecular complexity index is 981. The fourth-order valence-electron chi connectivity index (χ4n) is 4.64. The Kier molecular flexibility index (Phi) is 8.02. The van der Waals surface area contributed by atoms with Gasteiger partial charge in [0.15, 0.2) is 9.84 Å². The molecule has 9 nitrogen and oxygen atoms in total. The molecule has 3 atom stereocenters. The van der Waals surface area contributed by atoms with Gasteiger partial charge in [0, 0.05) is 38.5 Å². The Morgan fingerprint density at radius 2 is 2.00 bits per heavy atom. The molecule has 1 fully saturated rings. The van der Waals surface area contributed by atoms with E-state index in [1.807, 2.05) is 25.1 Å². The molecule has 3 rings (SSSR count). The van der Waals surface area contributed by atoms with Gasteiger partial charge in [-0.25, -0.2) is 13.2 Å². The van der Waals surface area contributed by atoms with E-state index in [1.54, 1.807) is 23.6 Å². The number of nitrogens with zero attached hydrogens (tertiary/aromatic N) is 2. The van der Waals surface area contributed by atoms with E-state index in [0.29, 0.717) is 37.4 Å². The number of benzene rings is 1. The van der Waals surface area contributed by atoms with Crippen molar-refractivity contribution in [1.82, 2.24) is 5.32 Å². The zero-order valence-electron chi connectivity index (χ0n) is 19.9. The Hall–Kier alpha value is -2.17. The quantitative estimate of drug-likeness (QED) is 0.638. The van der Waals surface area contributed by atoms with Gasteiger partial charge in [0.25, 0.3) is 0 Å². The van der Waals surface area contributed by atoms with Crippen LogP contribution >= 0.6 is 0 Å². The van der Waals surface area contributed by atoms with Crippen LogP contribution in [0.15, 0.2) is 18.2 Å². The summed E-state index contributed by atoms with van der Waals surface area (Å²) in [6.45, 7) is 8.22. The van der Waals surface area contributed by atoms with Gasteiger partial charge in [-0.05, 0) is 51.3 Å². The van der Waals surface area contributed by atoms with E-state index in [9.17, 15) is 18.0 Å². The lowest BCUT2D eigenvalue weighted by molar-refractivity contribution is -0.117. The summed E-state index contributed by atoms with van der Waals surface area (Å²) in [7, 11) is -3.00. The average molecular weight is 481 g/mol. The van der Waals surface area contributed by atoms with Gasteiger partial charge in [-0.2, -0.15) is 0 Å². The van der Waals surface area contributed by atoms with Crippen LogP contribution in [0, 0.1) is 0 Å².